The van der Waals surface area contributed by atoms with E-state index in [1.54, 1.807) is 52.0 Å². The van der Waals surface area contributed by atoms with E-state index in [4.69, 9.17) is 16.9 Å². The number of nitrogens with two attached hydrogens (primary N) is 2. The minimum Gasteiger partial charge on any atom is -0.379 e. The largest absolute Gasteiger partial charge is 0.379 e. The van der Waals surface area contributed by atoms with Crippen molar-refractivity contribution in [2.75, 3.05) is 29.9 Å². The molecule has 0 bridgehead atoms. The van der Waals surface area contributed by atoms with Crippen LogP contribution < -0.4 is 54.2 Å². The number of benzene rings is 1. The molecule has 67 heavy (non-hydrogen) atoms. The first-order valence-corrected chi connectivity index (χ1v) is 23.0. The molecule has 0 aliphatic carbocycles. The molecule has 2 aromatic heterocycles. The number of imide groups is 1. The number of guanidine groups is 1. The Kier molecular flexibility index (Phi) is 20.0. The van der Waals surface area contributed by atoms with E-state index in [0.29, 0.717) is 29.1 Å². The number of nitrogens with zero attached hydrogens (tertiary/aromatic N) is 4. The van der Waals surface area contributed by atoms with Crippen LogP contribution >= 0.6 is 11.8 Å². The number of aromatic nitrogens is 4. The number of anilines is 2. The lowest BCUT2D eigenvalue weighted by Gasteiger charge is -2.25. The predicted molar refractivity (Wildman–Crippen MR) is 253 cm³/mol. The van der Waals surface area contributed by atoms with Crippen LogP contribution in [-0.4, -0.2) is 126 Å². The molecular weight excluding hydrogens is 887 g/mol. The lowest BCUT2D eigenvalue weighted by Crippen LogP contribution is -2.57. The summed E-state index contributed by atoms with van der Waals surface area (Å²) >= 11 is 1.26. The third-order valence-electron chi connectivity index (χ3n) is 10.5. The van der Waals surface area contributed by atoms with Gasteiger partial charge in [0.1, 0.15) is 18.1 Å². The van der Waals surface area contributed by atoms with E-state index in [2.05, 4.69) is 63.7 Å². The van der Waals surface area contributed by atoms with Gasteiger partial charge in [-0.15, -0.1) is 18.3 Å². The van der Waals surface area contributed by atoms with E-state index in [0.717, 1.165) is 4.90 Å². The number of hydrogen-bond acceptors (Lipinski definition) is 15. The number of thioether (sulfide) groups is 1. The number of aromatic amines is 1. The van der Waals surface area contributed by atoms with Crippen molar-refractivity contribution in [3.8, 4) is 0 Å². The van der Waals surface area contributed by atoms with Gasteiger partial charge in [0.15, 0.2) is 17.1 Å². The lowest BCUT2D eigenvalue weighted by atomic mass is 10.1. The molecule has 1 saturated heterocycles. The summed E-state index contributed by atoms with van der Waals surface area (Å²) in [6.45, 7) is 11.1. The van der Waals surface area contributed by atoms with Gasteiger partial charge in [-0.2, -0.15) is 4.98 Å². The molecule has 362 valence electrons. The Morgan fingerprint density at radius 2 is 1.58 bits per heavy atom. The molecule has 3 heterocycles. The van der Waals surface area contributed by atoms with Crippen LogP contribution in [0.15, 0.2) is 47.9 Å². The van der Waals surface area contributed by atoms with E-state index >= 15 is 0 Å². The van der Waals surface area contributed by atoms with Crippen LogP contribution in [0.1, 0.15) is 88.7 Å². The summed E-state index contributed by atoms with van der Waals surface area (Å²) in [5, 5.41) is 26.5. The lowest BCUT2D eigenvalue weighted by molar-refractivity contribution is -0.137. The fourth-order valence-corrected chi connectivity index (χ4v) is 7.91. The molecule has 0 saturated carbocycles. The molecule has 1 aliphatic rings. The van der Waals surface area contributed by atoms with Gasteiger partial charge in [0, 0.05) is 55.0 Å². The summed E-state index contributed by atoms with van der Waals surface area (Å²) in [6, 6.07) is 2.76. The second-order valence-corrected chi connectivity index (χ2v) is 17.2. The highest BCUT2D eigenvalue weighted by Crippen LogP contribution is 2.25. The Morgan fingerprint density at radius 3 is 2.25 bits per heavy atom. The van der Waals surface area contributed by atoms with Gasteiger partial charge in [0.25, 0.3) is 11.5 Å². The normalized spacial score (nSPS) is 15.6. The zero-order valence-electron chi connectivity index (χ0n) is 38.0. The van der Waals surface area contributed by atoms with Crippen molar-refractivity contribution in [2.45, 2.75) is 115 Å². The SMILES string of the molecule is C=CCN1C(=O)CC(SC[C@@H](C)NC(=O)[C@H](CC)NC(=O)[C@H](CCCNC(=N)N)NC(=O)[C@H](CC)NC(=O)CC[C@@H](C)NC(=O)c2ccc(NCc3cnc4nc(N)[nH]c(=O)c4n3)cc2)C1=O. The number of hydrogen-bond donors (Lipinski definition) is 11. The molecule has 7 amide bonds. The average molecular weight is 948 g/mol. The third-order valence-corrected chi connectivity index (χ3v) is 11.9. The van der Waals surface area contributed by atoms with Gasteiger partial charge < -0.3 is 48.7 Å². The Labute approximate surface area is 391 Å². The summed E-state index contributed by atoms with van der Waals surface area (Å²) < 4.78 is 0. The number of amides is 7. The summed E-state index contributed by atoms with van der Waals surface area (Å²) in [5.41, 5.74) is 12.2. The van der Waals surface area contributed by atoms with E-state index < -0.39 is 64.6 Å². The minimum atomic E-state index is -1.11. The Bertz CT molecular complexity index is 2350. The molecule has 4 rings (SSSR count). The summed E-state index contributed by atoms with van der Waals surface area (Å²) in [4.78, 5) is 119. The second-order valence-electron chi connectivity index (χ2n) is 15.9. The fraction of sp³-hybridized carbons (Fsp3) is 0.488. The molecule has 3 aromatic rings. The zero-order valence-corrected chi connectivity index (χ0v) is 38.8. The maximum atomic E-state index is 13.6. The molecule has 6 atom stereocenters. The topological polar surface area (TPSA) is 354 Å². The number of carbonyl (C=O) groups is 7. The van der Waals surface area contributed by atoms with Gasteiger partial charge in [-0.3, -0.25) is 53.6 Å². The molecule has 0 radical (unpaired) electrons. The summed E-state index contributed by atoms with van der Waals surface area (Å²) in [7, 11) is 0. The molecule has 1 unspecified atom stereocenters. The number of nitrogens with one attached hydrogen (secondary N) is 9. The van der Waals surface area contributed by atoms with Crippen LogP contribution in [0.25, 0.3) is 11.2 Å². The van der Waals surface area contributed by atoms with Gasteiger partial charge in [0.05, 0.1) is 23.7 Å². The van der Waals surface area contributed by atoms with Crippen molar-refractivity contribution in [1.29, 1.82) is 5.41 Å². The van der Waals surface area contributed by atoms with Gasteiger partial charge in [-0.1, -0.05) is 19.9 Å². The monoisotopic (exact) mass is 947 g/mol. The van der Waals surface area contributed by atoms with E-state index in [9.17, 15) is 38.4 Å². The van der Waals surface area contributed by atoms with E-state index in [1.807, 2.05) is 0 Å². The highest BCUT2D eigenvalue weighted by molar-refractivity contribution is 8.00. The van der Waals surface area contributed by atoms with Crippen LogP contribution in [-0.2, 0) is 35.3 Å². The van der Waals surface area contributed by atoms with Gasteiger partial charge >= 0.3 is 0 Å². The molecule has 24 heteroatoms. The number of H-pyrrole nitrogens is 1. The van der Waals surface area contributed by atoms with E-state index in [1.165, 1.54) is 24.0 Å². The summed E-state index contributed by atoms with van der Waals surface area (Å²) in [5.74, 6) is -3.08. The molecule has 1 fully saturated rings. The number of likely N-dealkylation sites (tertiary alicyclic amines) is 1. The average Bonchev–Trinajstić information content (AvgIpc) is 3.56. The fourth-order valence-electron chi connectivity index (χ4n) is 6.78. The molecule has 1 aromatic carbocycles. The highest BCUT2D eigenvalue weighted by Gasteiger charge is 2.38. The van der Waals surface area contributed by atoms with Crippen LogP contribution in [0, 0.1) is 5.41 Å². The van der Waals surface area contributed by atoms with Crippen molar-refractivity contribution in [3.05, 3.63) is 64.7 Å². The first kappa shape index (κ1) is 52.5. The van der Waals surface area contributed by atoms with Crippen molar-refractivity contribution in [1.82, 2.24) is 56.7 Å². The molecule has 1 aliphatic heterocycles. The Balaban J connectivity index is 1.24. The highest BCUT2D eigenvalue weighted by atomic mass is 32.2. The quantitative estimate of drug-likeness (QED) is 0.0164. The maximum absolute atomic E-state index is 13.6. The van der Waals surface area contributed by atoms with Crippen molar-refractivity contribution in [2.24, 2.45) is 5.73 Å². The summed E-state index contributed by atoms with van der Waals surface area (Å²) in [6.07, 6.45) is 4.10. The van der Waals surface area contributed by atoms with Crippen molar-refractivity contribution in [3.63, 3.8) is 0 Å². The number of rotatable bonds is 26. The van der Waals surface area contributed by atoms with Gasteiger partial charge in [-0.05, 0) is 70.2 Å². The Hall–Kier alpha value is -7.11. The maximum Gasteiger partial charge on any atom is 0.280 e. The van der Waals surface area contributed by atoms with Crippen LogP contribution in [0.4, 0.5) is 11.6 Å². The van der Waals surface area contributed by atoms with Gasteiger partial charge in [-0.25, -0.2) is 9.97 Å². The Morgan fingerprint density at radius 1 is 0.925 bits per heavy atom. The number of carbonyl (C=O) groups excluding carboxylic acids is 7. The minimum absolute atomic E-state index is 0.0191. The molecule has 13 N–H and O–H groups in total. The van der Waals surface area contributed by atoms with Crippen LogP contribution in [0.2, 0.25) is 0 Å². The molecule has 0 spiro atoms. The standard InChI is InChI=1S/C43H61N15O8S/c1-6-18-58-33(60)19-31(41(58)66)67-22-24(5)51-37(62)29(8-3)54-39(64)30(10-9-17-47-42(44)45)55-38(63)28(7-2)53-32(59)16-11-23(4)50-36(61)25-12-14-26(15-13-25)48-20-27-21-49-35-34(52-27)40(65)57-43(46)56-35/h6,12-15,21,23-24,28-31,48H,1,7-11,16-20,22H2,2-5H3,(H,50,61)(H,51,62)(H,53,59)(H,54,64)(H,55,63)(H4,44,45,47)(H3,46,49,56,57,65)/t23-,24-,28+,29+,30+,31?/m1/s1. The molecule has 23 nitrogen and oxygen atoms in total. The first-order valence-electron chi connectivity index (χ1n) is 21.9. The van der Waals surface area contributed by atoms with Gasteiger partial charge in [0.2, 0.25) is 41.4 Å². The predicted octanol–water partition coefficient (Wildman–Crippen LogP) is -0.105. The van der Waals surface area contributed by atoms with Crippen molar-refractivity contribution < 1.29 is 33.6 Å². The second kappa shape index (κ2) is 25.5. The third kappa shape index (κ3) is 16.1. The van der Waals surface area contributed by atoms with Crippen LogP contribution in [0.3, 0.4) is 0 Å². The van der Waals surface area contributed by atoms with Crippen LogP contribution in [0.5, 0.6) is 0 Å². The first-order chi connectivity index (χ1) is 31.9. The van der Waals surface area contributed by atoms with Crippen molar-refractivity contribution >= 4 is 81.9 Å². The molecular formula is C43H61N15O8S. The number of nitrogen functional groups attached to an aromatic ring is 1. The number of fused-ring (bicyclic) bond motifs is 1. The zero-order chi connectivity index (χ0) is 49.2. The van der Waals surface area contributed by atoms with E-state index in [-0.39, 0.29) is 99.0 Å². The smallest absolute Gasteiger partial charge is 0.280 e.